The van der Waals surface area contributed by atoms with Gasteiger partial charge in [0.2, 0.25) is 0 Å². The molecule has 1 amide bonds. The van der Waals surface area contributed by atoms with Crippen molar-refractivity contribution in [2.45, 2.75) is 6.92 Å². The number of carbonyl (C=O) groups excluding carboxylic acids is 1. The van der Waals surface area contributed by atoms with Gasteiger partial charge in [0.1, 0.15) is 5.69 Å². The number of aromatic nitrogens is 1. The molecule has 6 heteroatoms. The summed E-state index contributed by atoms with van der Waals surface area (Å²) >= 11 is 5.95. The number of rotatable bonds is 5. The van der Waals surface area contributed by atoms with Crippen LogP contribution in [-0.2, 0) is 0 Å². The fourth-order valence-electron chi connectivity index (χ4n) is 2.20. The Kier molecular flexibility index (Phi) is 5.01. The number of pyridine rings is 1. The third kappa shape index (κ3) is 3.55. The van der Waals surface area contributed by atoms with E-state index in [0.29, 0.717) is 16.2 Å². The third-order valence-electron chi connectivity index (χ3n) is 3.60. The molecule has 0 saturated carbocycles. The minimum Gasteiger partial charge on any atom is -0.396 e. The van der Waals surface area contributed by atoms with Gasteiger partial charge in [0.25, 0.3) is 5.91 Å². The largest absolute Gasteiger partial charge is 0.396 e. The fraction of sp³-hybridized carbons (Fsp3) is 0.375. The number of benzene rings is 1. The molecule has 0 radical (unpaired) electrons. The summed E-state index contributed by atoms with van der Waals surface area (Å²) in [6.45, 7) is 1.53. The maximum absolute atomic E-state index is 12.5. The summed E-state index contributed by atoms with van der Waals surface area (Å²) in [5.41, 5.74) is 0.208. The van der Waals surface area contributed by atoms with Crippen molar-refractivity contribution in [2.24, 2.45) is 5.41 Å². The average molecular weight is 323 g/mol. The summed E-state index contributed by atoms with van der Waals surface area (Å²) in [6.07, 6.45) is 0. The fourth-order valence-corrected chi connectivity index (χ4v) is 2.37. The highest BCUT2D eigenvalue weighted by Gasteiger charge is 2.27. The standard InChI is InChI=1S/C16H19ClN2O3/c1-16(9-20,10-21)8-19(2)15(22)13-6-4-11-3-5-12(17)7-14(11)18-13/h3-7,20-21H,8-10H2,1-2H3. The molecule has 22 heavy (non-hydrogen) atoms. The molecule has 1 aromatic carbocycles. The van der Waals surface area contributed by atoms with Crippen LogP contribution in [-0.4, -0.2) is 52.8 Å². The van der Waals surface area contributed by atoms with Crippen molar-refractivity contribution in [3.63, 3.8) is 0 Å². The number of hydrogen-bond donors (Lipinski definition) is 2. The van der Waals surface area contributed by atoms with Crippen LogP contribution >= 0.6 is 11.6 Å². The lowest BCUT2D eigenvalue weighted by Crippen LogP contribution is -2.41. The van der Waals surface area contributed by atoms with E-state index in [1.165, 1.54) is 4.90 Å². The topological polar surface area (TPSA) is 73.7 Å². The molecule has 1 aromatic heterocycles. The van der Waals surface area contributed by atoms with Crippen LogP contribution in [0.4, 0.5) is 0 Å². The first-order chi connectivity index (χ1) is 10.4. The van der Waals surface area contributed by atoms with Crippen LogP contribution in [0.25, 0.3) is 10.9 Å². The molecule has 5 nitrogen and oxygen atoms in total. The summed E-state index contributed by atoms with van der Waals surface area (Å²) in [4.78, 5) is 18.2. The summed E-state index contributed by atoms with van der Waals surface area (Å²) in [5, 5.41) is 20.1. The lowest BCUT2D eigenvalue weighted by molar-refractivity contribution is 0.0364. The molecule has 118 valence electrons. The van der Waals surface area contributed by atoms with Gasteiger partial charge in [-0.2, -0.15) is 0 Å². The van der Waals surface area contributed by atoms with Gasteiger partial charge in [-0.3, -0.25) is 4.79 Å². The van der Waals surface area contributed by atoms with Gasteiger partial charge in [-0.25, -0.2) is 4.98 Å². The first kappa shape index (κ1) is 16.7. The number of carbonyl (C=O) groups is 1. The second-order valence-corrected chi connectivity index (χ2v) is 6.26. The smallest absolute Gasteiger partial charge is 0.272 e. The zero-order valence-corrected chi connectivity index (χ0v) is 13.3. The van der Waals surface area contributed by atoms with E-state index < -0.39 is 5.41 Å². The van der Waals surface area contributed by atoms with Crippen molar-refractivity contribution in [1.29, 1.82) is 0 Å². The van der Waals surface area contributed by atoms with Crippen LogP contribution in [0.15, 0.2) is 30.3 Å². The van der Waals surface area contributed by atoms with Gasteiger partial charge in [0.05, 0.1) is 18.7 Å². The normalized spacial score (nSPS) is 11.7. The highest BCUT2D eigenvalue weighted by atomic mass is 35.5. The second kappa shape index (κ2) is 6.60. The van der Waals surface area contributed by atoms with Gasteiger partial charge in [-0.1, -0.05) is 30.7 Å². The number of nitrogens with zero attached hydrogens (tertiary/aromatic N) is 2. The summed E-state index contributed by atoms with van der Waals surface area (Å²) in [6, 6.07) is 8.80. The minimum atomic E-state index is -0.745. The SMILES string of the molecule is CN(CC(C)(CO)CO)C(=O)c1ccc2ccc(Cl)cc2n1. The number of aliphatic hydroxyl groups excluding tert-OH is 2. The molecular weight excluding hydrogens is 304 g/mol. The highest BCUT2D eigenvalue weighted by Crippen LogP contribution is 2.20. The van der Waals surface area contributed by atoms with E-state index in [2.05, 4.69) is 4.98 Å². The van der Waals surface area contributed by atoms with Gasteiger partial charge < -0.3 is 15.1 Å². The highest BCUT2D eigenvalue weighted by molar-refractivity contribution is 6.31. The maximum atomic E-state index is 12.5. The molecule has 2 N–H and O–H groups in total. The molecule has 0 fully saturated rings. The molecule has 0 unspecified atom stereocenters. The minimum absolute atomic E-state index is 0.206. The Balaban J connectivity index is 2.25. The van der Waals surface area contributed by atoms with Crippen LogP contribution < -0.4 is 0 Å². The number of amides is 1. The van der Waals surface area contributed by atoms with E-state index in [4.69, 9.17) is 11.6 Å². The van der Waals surface area contributed by atoms with E-state index in [1.54, 1.807) is 32.2 Å². The molecule has 0 spiro atoms. The van der Waals surface area contributed by atoms with Gasteiger partial charge in [-0.15, -0.1) is 0 Å². The van der Waals surface area contributed by atoms with Crippen LogP contribution in [0.3, 0.4) is 0 Å². The number of fused-ring (bicyclic) bond motifs is 1. The molecule has 2 aromatic rings. The van der Waals surface area contributed by atoms with Gasteiger partial charge in [-0.05, 0) is 18.2 Å². The van der Waals surface area contributed by atoms with E-state index in [0.717, 1.165) is 5.39 Å². The van der Waals surface area contributed by atoms with Crippen LogP contribution in [0.2, 0.25) is 5.02 Å². The van der Waals surface area contributed by atoms with Crippen LogP contribution in [0.1, 0.15) is 17.4 Å². The predicted octanol–water partition coefficient (Wildman–Crippen LogP) is 1.95. The average Bonchev–Trinajstić information content (AvgIpc) is 2.53. The molecule has 0 aliphatic rings. The Morgan fingerprint density at radius 1 is 1.27 bits per heavy atom. The molecule has 0 atom stereocenters. The number of aliphatic hydroxyl groups is 2. The maximum Gasteiger partial charge on any atom is 0.272 e. The second-order valence-electron chi connectivity index (χ2n) is 5.82. The molecule has 2 rings (SSSR count). The summed E-state index contributed by atoms with van der Waals surface area (Å²) in [5.74, 6) is -0.269. The van der Waals surface area contributed by atoms with Crippen molar-refractivity contribution in [2.75, 3.05) is 26.8 Å². The Labute approximate surface area is 134 Å². The van der Waals surface area contributed by atoms with E-state index in [-0.39, 0.29) is 25.7 Å². The molecule has 0 aliphatic carbocycles. The Hall–Kier alpha value is -1.69. The summed E-state index contributed by atoms with van der Waals surface area (Å²) in [7, 11) is 1.62. The van der Waals surface area contributed by atoms with E-state index in [9.17, 15) is 15.0 Å². The predicted molar refractivity (Wildman–Crippen MR) is 86.0 cm³/mol. The van der Waals surface area contributed by atoms with Crippen molar-refractivity contribution in [1.82, 2.24) is 9.88 Å². The third-order valence-corrected chi connectivity index (χ3v) is 3.84. The van der Waals surface area contributed by atoms with Crippen molar-refractivity contribution in [3.05, 3.63) is 41.0 Å². The Bertz CT molecular complexity index is 686. The zero-order valence-electron chi connectivity index (χ0n) is 12.6. The number of hydrogen-bond acceptors (Lipinski definition) is 4. The molecule has 1 heterocycles. The monoisotopic (exact) mass is 322 g/mol. The van der Waals surface area contributed by atoms with Crippen molar-refractivity contribution in [3.8, 4) is 0 Å². The quantitative estimate of drug-likeness (QED) is 0.882. The molecule has 0 aliphatic heterocycles. The molecule has 0 saturated heterocycles. The first-order valence-electron chi connectivity index (χ1n) is 6.92. The molecular formula is C16H19ClN2O3. The van der Waals surface area contributed by atoms with Crippen molar-refractivity contribution >= 4 is 28.4 Å². The van der Waals surface area contributed by atoms with Crippen LogP contribution in [0, 0.1) is 5.41 Å². The van der Waals surface area contributed by atoms with Gasteiger partial charge >= 0.3 is 0 Å². The Morgan fingerprint density at radius 2 is 1.91 bits per heavy atom. The Morgan fingerprint density at radius 3 is 2.55 bits per heavy atom. The molecule has 0 bridgehead atoms. The van der Waals surface area contributed by atoms with E-state index >= 15 is 0 Å². The lowest BCUT2D eigenvalue weighted by Gasteiger charge is -2.30. The zero-order chi connectivity index (χ0) is 16.3. The van der Waals surface area contributed by atoms with Crippen molar-refractivity contribution < 1.29 is 15.0 Å². The van der Waals surface area contributed by atoms with Gasteiger partial charge in [0, 0.05) is 29.4 Å². The summed E-state index contributed by atoms with van der Waals surface area (Å²) < 4.78 is 0. The lowest BCUT2D eigenvalue weighted by atomic mass is 9.92. The van der Waals surface area contributed by atoms with Gasteiger partial charge in [0.15, 0.2) is 0 Å². The van der Waals surface area contributed by atoms with Crippen LogP contribution in [0.5, 0.6) is 0 Å². The first-order valence-corrected chi connectivity index (χ1v) is 7.30. The van der Waals surface area contributed by atoms with E-state index in [1.807, 2.05) is 12.1 Å². The number of halogens is 1.